The van der Waals surface area contributed by atoms with Crippen LogP contribution < -0.4 is 5.32 Å². The van der Waals surface area contributed by atoms with Crippen molar-refractivity contribution in [1.29, 1.82) is 0 Å². The zero-order valence-corrected chi connectivity index (χ0v) is 11.8. The van der Waals surface area contributed by atoms with Crippen LogP contribution in [0.4, 0.5) is 18.9 Å². The van der Waals surface area contributed by atoms with Gasteiger partial charge in [0, 0.05) is 22.3 Å². The summed E-state index contributed by atoms with van der Waals surface area (Å²) in [6.45, 7) is 0.237. The van der Waals surface area contributed by atoms with Crippen molar-refractivity contribution >= 4 is 21.6 Å². The molecule has 0 saturated carbocycles. The number of alkyl halides is 3. The summed E-state index contributed by atoms with van der Waals surface area (Å²) in [6.07, 6.45) is -4.39. The minimum atomic E-state index is -4.39. The van der Waals surface area contributed by atoms with E-state index in [1.165, 1.54) is 6.07 Å². The van der Waals surface area contributed by atoms with Crippen molar-refractivity contribution in [2.75, 3.05) is 5.32 Å². The van der Waals surface area contributed by atoms with Crippen molar-refractivity contribution in [3.8, 4) is 5.75 Å². The van der Waals surface area contributed by atoms with Crippen LogP contribution >= 0.6 is 15.9 Å². The molecule has 6 heteroatoms. The molecule has 2 rings (SSSR count). The molecule has 0 aliphatic rings. The minimum absolute atomic E-state index is 0.103. The van der Waals surface area contributed by atoms with Gasteiger partial charge in [0.15, 0.2) is 0 Å². The standard InChI is InChI=1S/C14H11BrF3NO/c15-11-5-10(14(16,17)18)6-12(7-11)19-8-9-3-1-2-4-13(9)20/h1-7,19-20H,8H2. The van der Waals surface area contributed by atoms with Crippen molar-refractivity contribution < 1.29 is 18.3 Å². The second-order valence-electron chi connectivity index (χ2n) is 4.21. The van der Waals surface area contributed by atoms with E-state index in [1.54, 1.807) is 24.3 Å². The van der Waals surface area contributed by atoms with Crippen molar-refractivity contribution in [3.05, 3.63) is 58.1 Å². The van der Waals surface area contributed by atoms with Crippen LogP contribution in [0.15, 0.2) is 46.9 Å². The number of para-hydroxylation sites is 1. The third-order valence-electron chi connectivity index (χ3n) is 2.70. The fourth-order valence-corrected chi connectivity index (χ4v) is 2.21. The Morgan fingerprint density at radius 2 is 1.80 bits per heavy atom. The maximum absolute atomic E-state index is 12.7. The van der Waals surface area contributed by atoms with Gasteiger partial charge in [-0.15, -0.1) is 0 Å². The summed E-state index contributed by atoms with van der Waals surface area (Å²) >= 11 is 3.06. The van der Waals surface area contributed by atoms with Gasteiger partial charge in [-0.05, 0) is 24.3 Å². The van der Waals surface area contributed by atoms with Crippen LogP contribution in [0.3, 0.4) is 0 Å². The second-order valence-corrected chi connectivity index (χ2v) is 5.12. The van der Waals surface area contributed by atoms with Gasteiger partial charge in [0.2, 0.25) is 0 Å². The first-order valence-electron chi connectivity index (χ1n) is 5.75. The average Bonchev–Trinajstić information content (AvgIpc) is 2.36. The van der Waals surface area contributed by atoms with Crippen LogP contribution in [0.2, 0.25) is 0 Å². The number of phenols is 1. The van der Waals surface area contributed by atoms with E-state index in [9.17, 15) is 18.3 Å². The van der Waals surface area contributed by atoms with E-state index >= 15 is 0 Å². The summed E-state index contributed by atoms with van der Waals surface area (Å²) in [7, 11) is 0. The van der Waals surface area contributed by atoms with E-state index in [4.69, 9.17) is 0 Å². The van der Waals surface area contributed by atoms with E-state index < -0.39 is 11.7 Å². The third kappa shape index (κ3) is 3.66. The molecule has 0 aliphatic heterocycles. The molecule has 0 bridgehead atoms. The van der Waals surface area contributed by atoms with Crippen LogP contribution in [-0.2, 0) is 12.7 Å². The molecule has 2 nitrogen and oxygen atoms in total. The van der Waals surface area contributed by atoms with E-state index in [0.29, 0.717) is 15.7 Å². The van der Waals surface area contributed by atoms with Crippen LogP contribution in [0.5, 0.6) is 5.75 Å². The summed E-state index contributed by atoms with van der Waals surface area (Å²) in [4.78, 5) is 0. The zero-order chi connectivity index (χ0) is 14.8. The number of phenolic OH excluding ortho intramolecular Hbond substituents is 1. The van der Waals surface area contributed by atoms with Gasteiger partial charge in [0.1, 0.15) is 5.75 Å². The lowest BCUT2D eigenvalue weighted by molar-refractivity contribution is -0.137. The molecule has 0 saturated heterocycles. The van der Waals surface area contributed by atoms with Crippen molar-refractivity contribution in [1.82, 2.24) is 0 Å². The van der Waals surface area contributed by atoms with E-state index in [0.717, 1.165) is 12.1 Å². The van der Waals surface area contributed by atoms with E-state index in [-0.39, 0.29) is 12.3 Å². The first-order valence-corrected chi connectivity index (χ1v) is 6.54. The molecule has 2 aromatic carbocycles. The molecule has 2 aromatic rings. The highest BCUT2D eigenvalue weighted by Crippen LogP contribution is 2.33. The number of nitrogens with one attached hydrogen (secondary N) is 1. The van der Waals surface area contributed by atoms with Gasteiger partial charge < -0.3 is 10.4 Å². The average molecular weight is 346 g/mol. The fraction of sp³-hybridized carbons (Fsp3) is 0.143. The zero-order valence-electron chi connectivity index (χ0n) is 10.2. The molecule has 0 spiro atoms. The third-order valence-corrected chi connectivity index (χ3v) is 3.16. The van der Waals surface area contributed by atoms with Gasteiger partial charge in [-0.25, -0.2) is 0 Å². The largest absolute Gasteiger partial charge is 0.508 e. The number of hydrogen-bond donors (Lipinski definition) is 2. The highest BCUT2D eigenvalue weighted by Gasteiger charge is 2.31. The first-order chi connectivity index (χ1) is 9.36. The van der Waals surface area contributed by atoms with E-state index in [1.807, 2.05) is 0 Å². The summed E-state index contributed by atoms with van der Waals surface area (Å²) < 4.78 is 38.4. The van der Waals surface area contributed by atoms with Gasteiger partial charge in [0.05, 0.1) is 5.56 Å². The van der Waals surface area contributed by atoms with Gasteiger partial charge in [-0.1, -0.05) is 34.1 Å². The van der Waals surface area contributed by atoms with Crippen molar-refractivity contribution in [2.24, 2.45) is 0 Å². The Bertz CT molecular complexity index is 614. The summed E-state index contributed by atoms with van der Waals surface area (Å²) in [5.74, 6) is 0.103. The Labute approximate surface area is 122 Å². The number of rotatable bonds is 3. The Kier molecular flexibility index (Phi) is 4.23. The van der Waals surface area contributed by atoms with Gasteiger partial charge in [-0.2, -0.15) is 13.2 Å². The number of anilines is 1. The molecular formula is C14H11BrF3NO. The van der Waals surface area contributed by atoms with Gasteiger partial charge in [-0.3, -0.25) is 0 Å². The molecule has 0 atom stereocenters. The van der Waals surface area contributed by atoms with Gasteiger partial charge >= 0.3 is 6.18 Å². The van der Waals surface area contributed by atoms with Crippen molar-refractivity contribution in [3.63, 3.8) is 0 Å². The number of hydrogen-bond acceptors (Lipinski definition) is 2. The molecule has 0 aromatic heterocycles. The molecule has 20 heavy (non-hydrogen) atoms. The lowest BCUT2D eigenvalue weighted by Gasteiger charge is -2.12. The maximum atomic E-state index is 12.7. The number of aromatic hydroxyl groups is 1. The van der Waals surface area contributed by atoms with Crippen LogP contribution in [-0.4, -0.2) is 5.11 Å². The highest BCUT2D eigenvalue weighted by molar-refractivity contribution is 9.10. The SMILES string of the molecule is Oc1ccccc1CNc1cc(Br)cc(C(F)(F)F)c1. The molecule has 0 amide bonds. The molecule has 0 aliphatic carbocycles. The Balaban J connectivity index is 2.18. The summed E-state index contributed by atoms with van der Waals surface area (Å²) in [5.41, 5.74) is 0.211. The predicted molar refractivity (Wildman–Crippen MR) is 74.6 cm³/mol. The quantitative estimate of drug-likeness (QED) is 0.838. The molecule has 0 unspecified atom stereocenters. The molecule has 0 radical (unpaired) electrons. The topological polar surface area (TPSA) is 32.3 Å². The molecule has 0 heterocycles. The molecule has 2 N–H and O–H groups in total. The normalized spacial score (nSPS) is 11.4. The number of halogens is 4. The fourth-order valence-electron chi connectivity index (χ4n) is 1.71. The minimum Gasteiger partial charge on any atom is -0.508 e. The lowest BCUT2D eigenvalue weighted by atomic mass is 10.1. The molecular weight excluding hydrogens is 335 g/mol. The molecule has 106 valence electrons. The first kappa shape index (κ1) is 14.7. The van der Waals surface area contributed by atoms with Crippen LogP contribution in [0.1, 0.15) is 11.1 Å². The van der Waals surface area contributed by atoms with E-state index in [2.05, 4.69) is 21.2 Å². The molecule has 0 fully saturated rings. The Hall–Kier alpha value is -1.69. The number of benzene rings is 2. The predicted octanol–water partition coefficient (Wildman–Crippen LogP) is 4.79. The Morgan fingerprint density at radius 1 is 1.10 bits per heavy atom. The smallest absolute Gasteiger partial charge is 0.416 e. The summed E-state index contributed by atoms with van der Waals surface area (Å²) in [5, 5.41) is 12.5. The second kappa shape index (κ2) is 5.75. The highest BCUT2D eigenvalue weighted by atomic mass is 79.9. The van der Waals surface area contributed by atoms with Gasteiger partial charge in [0.25, 0.3) is 0 Å². The summed E-state index contributed by atoms with van der Waals surface area (Å²) in [6, 6.07) is 10.3. The monoisotopic (exact) mass is 345 g/mol. The van der Waals surface area contributed by atoms with Crippen LogP contribution in [0.25, 0.3) is 0 Å². The van der Waals surface area contributed by atoms with Crippen molar-refractivity contribution in [2.45, 2.75) is 12.7 Å². The lowest BCUT2D eigenvalue weighted by Crippen LogP contribution is -2.07. The maximum Gasteiger partial charge on any atom is 0.416 e. The Morgan fingerprint density at radius 3 is 2.45 bits per heavy atom. The van der Waals surface area contributed by atoms with Crippen LogP contribution in [0, 0.1) is 0 Å².